The van der Waals surface area contributed by atoms with Crippen molar-refractivity contribution in [2.24, 2.45) is 17.9 Å². The van der Waals surface area contributed by atoms with E-state index in [0.29, 0.717) is 0 Å². The molecule has 0 aliphatic rings. The van der Waals surface area contributed by atoms with Crippen molar-refractivity contribution in [1.29, 1.82) is 0 Å². The van der Waals surface area contributed by atoms with E-state index < -0.39 is 0 Å². The summed E-state index contributed by atoms with van der Waals surface area (Å²) in [6.45, 7) is 16.2. The van der Waals surface area contributed by atoms with Gasteiger partial charge in [-0.05, 0) is 64.8 Å². The van der Waals surface area contributed by atoms with Crippen molar-refractivity contribution in [3.63, 3.8) is 0 Å². The van der Waals surface area contributed by atoms with Gasteiger partial charge in [0.15, 0.2) is 6.20 Å². The van der Waals surface area contributed by atoms with Crippen LogP contribution in [0.4, 0.5) is 0 Å². The van der Waals surface area contributed by atoms with Crippen molar-refractivity contribution < 1.29 is 4.57 Å². The molecule has 0 saturated carbocycles. The molecule has 3 aromatic heterocycles. The molecule has 0 aliphatic heterocycles. The SMILES string of the molecule is Cc1ccc2c3ccc(CC(C)(C)C)cc3n3c4cc(CC(C)(C)C)cc5cc[n+](C)c(c1c23)c54. The van der Waals surface area contributed by atoms with Crippen LogP contribution in [-0.4, -0.2) is 4.40 Å². The standard InChI is InChI=1S/C33H37N2/c1-20-9-11-25-24-12-10-21(18-32(2,3)4)16-26(24)35-27-17-22(19-33(5,6)7)15-23-13-14-34(8)31(29(23)27)28(20)30(25)35/h9-17H,18-19H2,1-8H3/q+1. The van der Waals surface area contributed by atoms with Gasteiger partial charge < -0.3 is 4.40 Å². The van der Waals surface area contributed by atoms with Crippen molar-refractivity contribution in [2.45, 2.75) is 61.3 Å². The molecule has 2 heteroatoms. The van der Waals surface area contributed by atoms with Gasteiger partial charge in [-0.2, -0.15) is 0 Å². The van der Waals surface area contributed by atoms with Gasteiger partial charge in [0.25, 0.3) is 0 Å². The largest absolute Gasteiger partial charge is 0.307 e. The first kappa shape index (κ1) is 22.3. The number of aromatic nitrogens is 2. The van der Waals surface area contributed by atoms with E-state index >= 15 is 0 Å². The first-order valence-corrected chi connectivity index (χ1v) is 12.9. The van der Waals surface area contributed by atoms with Gasteiger partial charge in [0.05, 0.1) is 27.3 Å². The lowest BCUT2D eigenvalue weighted by molar-refractivity contribution is -0.643. The number of benzene rings is 3. The molecule has 0 N–H and O–H groups in total. The fraction of sp³-hybridized carbons (Fsp3) is 0.364. The van der Waals surface area contributed by atoms with Crippen molar-refractivity contribution in [3.05, 3.63) is 71.4 Å². The third kappa shape index (κ3) is 3.49. The zero-order valence-electron chi connectivity index (χ0n) is 22.5. The highest BCUT2D eigenvalue weighted by molar-refractivity contribution is 6.25. The van der Waals surface area contributed by atoms with Gasteiger partial charge in [-0.1, -0.05) is 71.9 Å². The molecule has 3 aromatic carbocycles. The van der Waals surface area contributed by atoms with Crippen LogP contribution < -0.4 is 4.57 Å². The molecule has 0 atom stereocenters. The third-order valence-corrected chi connectivity index (χ3v) is 7.42. The average molecular weight is 462 g/mol. The van der Waals surface area contributed by atoms with Crippen LogP contribution in [0, 0.1) is 17.8 Å². The molecule has 0 unspecified atom stereocenters. The number of pyridine rings is 2. The van der Waals surface area contributed by atoms with Crippen LogP contribution in [-0.2, 0) is 19.9 Å². The van der Waals surface area contributed by atoms with Crippen LogP contribution in [0.2, 0.25) is 0 Å². The smallest absolute Gasteiger partial charge is 0.224 e. The minimum Gasteiger partial charge on any atom is -0.307 e. The van der Waals surface area contributed by atoms with Gasteiger partial charge in [-0.25, -0.2) is 4.57 Å². The molecule has 0 amide bonds. The Hall–Kier alpha value is -3.13. The van der Waals surface area contributed by atoms with E-state index in [2.05, 4.69) is 119 Å². The molecule has 0 bridgehead atoms. The second-order valence-electron chi connectivity index (χ2n) is 13.2. The number of rotatable bonds is 2. The third-order valence-electron chi connectivity index (χ3n) is 7.42. The maximum Gasteiger partial charge on any atom is 0.224 e. The van der Waals surface area contributed by atoms with Gasteiger partial charge in [0.1, 0.15) is 7.05 Å². The van der Waals surface area contributed by atoms with Crippen LogP contribution in [0.25, 0.3) is 49.0 Å². The Morgan fingerprint density at radius 1 is 0.714 bits per heavy atom. The molecule has 0 radical (unpaired) electrons. The normalized spacial score (nSPS) is 13.4. The first-order chi connectivity index (χ1) is 16.4. The lowest BCUT2D eigenvalue weighted by atomic mass is 9.87. The van der Waals surface area contributed by atoms with Gasteiger partial charge >= 0.3 is 0 Å². The van der Waals surface area contributed by atoms with E-state index in [1.54, 1.807) is 0 Å². The Bertz CT molecular complexity index is 1770. The second-order valence-corrected chi connectivity index (χ2v) is 13.2. The van der Waals surface area contributed by atoms with Crippen molar-refractivity contribution in [2.75, 3.05) is 0 Å². The fourth-order valence-electron chi connectivity index (χ4n) is 6.26. The molecule has 6 rings (SSSR count). The molecule has 35 heavy (non-hydrogen) atoms. The van der Waals surface area contributed by atoms with Gasteiger partial charge in [-0.15, -0.1) is 0 Å². The van der Waals surface area contributed by atoms with Crippen molar-refractivity contribution >= 4 is 49.0 Å². The topological polar surface area (TPSA) is 8.29 Å². The minimum absolute atomic E-state index is 0.236. The lowest BCUT2D eigenvalue weighted by Gasteiger charge is -2.20. The summed E-state index contributed by atoms with van der Waals surface area (Å²) in [6, 6.07) is 19.0. The van der Waals surface area contributed by atoms with Crippen molar-refractivity contribution in [1.82, 2.24) is 4.40 Å². The van der Waals surface area contributed by atoms with E-state index in [1.807, 2.05) is 0 Å². The highest BCUT2D eigenvalue weighted by atomic mass is 15.0. The van der Waals surface area contributed by atoms with Crippen molar-refractivity contribution in [3.8, 4) is 0 Å². The highest BCUT2D eigenvalue weighted by Gasteiger charge is 2.25. The summed E-state index contributed by atoms with van der Waals surface area (Å²) < 4.78 is 4.91. The maximum atomic E-state index is 2.58. The molecule has 0 aliphatic carbocycles. The van der Waals surface area contributed by atoms with Crippen LogP contribution in [0.1, 0.15) is 58.2 Å². The van der Waals surface area contributed by atoms with E-state index in [4.69, 9.17) is 0 Å². The summed E-state index contributed by atoms with van der Waals surface area (Å²) in [5, 5.41) is 6.79. The molecule has 0 saturated heterocycles. The molecule has 6 aromatic rings. The summed E-state index contributed by atoms with van der Waals surface area (Å²) in [6.07, 6.45) is 4.37. The zero-order valence-corrected chi connectivity index (χ0v) is 22.5. The molecule has 2 nitrogen and oxygen atoms in total. The van der Waals surface area contributed by atoms with E-state index in [9.17, 15) is 0 Å². The average Bonchev–Trinajstić information content (AvgIpc) is 3.06. The quantitative estimate of drug-likeness (QED) is 0.139. The predicted molar refractivity (Wildman–Crippen MR) is 151 cm³/mol. The minimum atomic E-state index is 0.236. The Kier molecular flexibility index (Phi) is 4.59. The van der Waals surface area contributed by atoms with Gasteiger partial charge in [0, 0.05) is 16.8 Å². The Labute approximate surface area is 208 Å². The number of hydrogen-bond acceptors (Lipinski definition) is 0. The summed E-state index contributed by atoms with van der Waals surface area (Å²) >= 11 is 0. The summed E-state index contributed by atoms with van der Waals surface area (Å²) in [4.78, 5) is 0. The number of hydrogen-bond donors (Lipinski definition) is 0. The molecule has 0 fully saturated rings. The van der Waals surface area contributed by atoms with Crippen LogP contribution >= 0.6 is 0 Å². The molecule has 3 heterocycles. The maximum absolute atomic E-state index is 2.58. The van der Waals surface area contributed by atoms with E-state index in [0.717, 1.165) is 12.8 Å². The second kappa shape index (κ2) is 7.20. The monoisotopic (exact) mass is 461 g/mol. The fourth-order valence-corrected chi connectivity index (χ4v) is 6.26. The Morgan fingerprint density at radius 2 is 1.37 bits per heavy atom. The van der Waals surface area contributed by atoms with Gasteiger partial charge in [0.2, 0.25) is 5.52 Å². The van der Waals surface area contributed by atoms with Crippen LogP contribution in [0.3, 0.4) is 0 Å². The molecular formula is C33H37N2+. The zero-order chi connectivity index (χ0) is 24.9. The summed E-state index contributed by atoms with van der Waals surface area (Å²) in [5.74, 6) is 0. The Balaban J connectivity index is 1.87. The summed E-state index contributed by atoms with van der Waals surface area (Å²) in [5.41, 5.74) is 10.0. The number of fused-ring (bicyclic) bond motifs is 5. The molecule has 178 valence electrons. The molecular weight excluding hydrogens is 424 g/mol. The number of nitrogens with zero attached hydrogens (tertiary/aromatic N) is 2. The first-order valence-electron chi connectivity index (χ1n) is 12.9. The van der Waals surface area contributed by atoms with Gasteiger partial charge in [-0.3, -0.25) is 0 Å². The van der Waals surface area contributed by atoms with Crippen LogP contribution in [0.5, 0.6) is 0 Å². The summed E-state index contributed by atoms with van der Waals surface area (Å²) in [7, 11) is 2.19. The lowest BCUT2D eigenvalue weighted by Crippen LogP contribution is -2.29. The number of aryl methyl sites for hydroxylation is 2. The highest BCUT2D eigenvalue weighted by Crippen LogP contribution is 2.42. The van der Waals surface area contributed by atoms with E-state index in [-0.39, 0.29) is 10.8 Å². The predicted octanol–water partition coefficient (Wildman–Crippen LogP) is 8.30. The van der Waals surface area contributed by atoms with Crippen LogP contribution in [0.15, 0.2) is 54.7 Å². The van der Waals surface area contributed by atoms with E-state index in [1.165, 1.54) is 65.7 Å². The Morgan fingerprint density at radius 3 is 2.09 bits per heavy atom. The molecule has 0 spiro atoms.